The van der Waals surface area contributed by atoms with E-state index in [4.69, 9.17) is 5.73 Å². The lowest BCUT2D eigenvalue weighted by Crippen LogP contribution is -2.05. The minimum Gasteiger partial charge on any atom is -0.334 e. The van der Waals surface area contributed by atoms with Gasteiger partial charge < -0.3 is 10.3 Å². The fourth-order valence-electron chi connectivity index (χ4n) is 1.89. The maximum absolute atomic E-state index is 5.66. The summed E-state index contributed by atoms with van der Waals surface area (Å²) in [4.78, 5) is 4.58. The zero-order chi connectivity index (χ0) is 12.4. The van der Waals surface area contributed by atoms with E-state index in [-0.39, 0.29) is 0 Å². The molecule has 3 nitrogen and oxygen atoms in total. The van der Waals surface area contributed by atoms with Gasteiger partial charge in [-0.3, -0.25) is 0 Å². The van der Waals surface area contributed by atoms with Crippen LogP contribution in [0, 0.1) is 6.92 Å². The lowest BCUT2D eigenvalue weighted by atomic mass is 10.1. The third kappa shape index (κ3) is 2.58. The second-order valence-corrected chi connectivity index (χ2v) is 5.05. The highest BCUT2D eigenvalue weighted by Gasteiger charge is 2.10. The van der Waals surface area contributed by atoms with Gasteiger partial charge in [0.05, 0.1) is 12.2 Å². The molecule has 4 heteroatoms. The number of rotatable bonds is 3. The van der Waals surface area contributed by atoms with Crippen LogP contribution in [0.3, 0.4) is 0 Å². The molecule has 0 atom stereocenters. The average Bonchev–Trinajstić information content (AvgIpc) is 2.57. The topological polar surface area (TPSA) is 43.8 Å². The second-order valence-electron chi connectivity index (χ2n) is 4.13. The molecule has 0 bridgehead atoms. The van der Waals surface area contributed by atoms with Crippen molar-refractivity contribution < 1.29 is 0 Å². The first-order valence-corrected chi connectivity index (χ1v) is 6.36. The number of nitrogens with two attached hydrogens (primary N) is 1. The van der Waals surface area contributed by atoms with Gasteiger partial charge in [0.15, 0.2) is 0 Å². The van der Waals surface area contributed by atoms with Crippen molar-refractivity contribution in [3.63, 3.8) is 0 Å². The summed E-state index contributed by atoms with van der Waals surface area (Å²) in [7, 11) is 2.01. The van der Waals surface area contributed by atoms with Gasteiger partial charge in [0.1, 0.15) is 5.82 Å². The molecule has 2 rings (SSSR count). The predicted octanol–water partition coefficient (Wildman–Crippen LogP) is 2.54. The van der Waals surface area contributed by atoms with Crippen LogP contribution in [-0.4, -0.2) is 9.55 Å². The molecule has 1 heterocycles. The molecule has 1 aromatic heterocycles. The molecular formula is C13H16BrN3. The van der Waals surface area contributed by atoms with Gasteiger partial charge in [0, 0.05) is 23.6 Å². The molecule has 0 fully saturated rings. The van der Waals surface area contributed by atoms with Crippen molar-refractivity contribution >= 4 is 15.9 Å². The van der Waals surface area contributed by atoms with E-state index < -0.39 is 0 Å². The summed E-state index contributed by atoms with van der Waals surface area (Å²) in [5.41, 5.74) is 9.20. The van der Waals surface area contributed by atoms with Crippen LogP contribution in [0.2, 0.25) is 0 Å². The standard InChI is InChI=1S/C13H16BrN3/c1-9-12(16-13(8-15)17(9)2)7-10-4-3-5-11(14)6-10/h3-6H,7-8,15H2,1-2H3. The molecule has 2 N–H and O–H groups in total. The third-order valence-electron chi connectivity index (χ3n) is 3.02. The van der Waals surface area contributed by atoms with Crippen LogP contribution in [-0.2, 0) is 20.0 Å². The van der Waals surface area contributed by atoms with Crippen molar-refractivity contribution in [2.24, 2.45) is 12.8 Å². The Morgan fingerprint density at radius 3 is 2.76 bits per heavy atom. The number of imidazole rings is 1. The average molecular weight is 294 g/mol. The van der Waals surface area contributed by atoms with E-state index in [2.05, 4.69) is 44.5 Å². The number of benzene rings is 1. The van der Waals surface area contributed by atoms with E-state index in [1.54, 1.807) is 0 Å². The molecule has 17 heavy (non-hydrogen) atoms. The van der Waals surface area contributed by atoms with Gasteiger partial charge in [-0.2, -0.15) is 0 Å². The first kappa shape index (κ1) is 12.3. The van der Waals surface area contributed by atoms with Crippen molar-refractivity contribution in [2.45, 2.75) is 19.9 Å². The van der Waals surface area contributed by atoms with Crippen LogP contribution in [0.25, 0.3) is 0 Å². The second kappa shape index (κ2) is 5.02. The molecule has 0 unspecified atom stereocenters. The normalized spacial score (nSPS) is 10.8. The van der Waals surface area contributed by atoms with Crippen LogP contribution in [0.15, 0.2) is 28.7 Å². The van der Waals surface area contributed by atoms with E-state index >= 15 is 0 Å². The number of aromatic nitrogens is 2. The zero-order valence-corrected chi connectivity index (χ0v) is 11.7. The SMILES string of the molecule is Cc1c(Cc2cccc(Br)c2)nc(CN)n1C. The molecule has 0 spiro atoms. The predicted molar refractivity (Wildman–Crippen MR) is 72.8 cm³/mol. The molecule has 0 saturated carbocycles. The Kier molecular flexibility index (Phi) is 3.64. The maximum Gasteiger partial charge on any atom is 0.122 e. The molecule has 0 amide bonds. The first-order chi connectivity index (χ1) is 8.11. The Bertz CT molecular complexity index is 531. The summed E-state index contributed by atoms with van der Waals surface area (Å²) in [6.07, 6.45) is 0.846. The van der Waals surface area contributed by atoms with Crippen LogP contribution in [0.5, 0.6) is 0 Å². The fraction of sp³-hybridized carbons (Fsp3) is 0.308. The summed E-state index contributed by atoms with van der Waals surface area (Å²) in [5.74, 6) is 0.937. The minimum atomic E-state index is 0.482. The molecule has 0 radical (unpaired) electrons. The lowest BCUT2D eigenvalue weighted by molar-refractivity contribution is 0.774. The van der Waals surface area contributed by atoms with Crippen molar-refractivity contribution in [1.82, 2.24) is 9.55 Å². The number of hydrogen-bond donors (Lipinski definition) is 1. The van der Waals surface area contributed by atoms with Crippen LogP contribution < -0.4 is 5.73 Å². The van der Waals surface area contributed by atoms with Crippen LogP contribution >= 0.6 is 15.9 Å². The molecule has 90 valence electrons. The largest absolute Gasteiger partial charge is 0.334 e. The monoisotopic (exact) mass is 293 g/mol. The van der Waals surface area contributed by atoms with E-state index in [1.165, 1.54) is 11.3 Å². The third-order valence-corrected chi connectivity index (χ3v) is 3.51. The van der Waals surface area contributed by atoms with Crippen molar-refractivity contribution in [2.75, 3.05) is 0 Å². The molecule has 1 aromatic carbocycles. The van der Waals surface area contributed by atoms with E-state index in [0.717, 1.165) is 22.4 Å². The van der Waals surface area contributed by atoms with Crippen molar-refractivity contribution in [3.8, 4) is 0 Å². The first-order valence-electron chi connectivity index (χ1n) is 5.57. The molecule has 2 aromatic rings. The van der Waals surface area contributed by atoms with Gasteiger partial charge in [-0.15, -0.1) is 0 Å². The van der Waals surface area contributed by atoms with E-state index in [0.29, 0.717) is 6.54 Å². The Hall–Kier alpha value is -1.13. The highest BCUT2D eigenvalue weighted by atomic mass is 79.9. The van der Waals surface area contributed by atoms with Gasteiger partial charge >= 0.3 is 0 Å². The van der Waals surface area contributed by atoms with E-state index in [9.17, 15) is 0 Å². The number of hydrogen-bond acceptors (Lipinski definition) is 2. The quantitative estimate of drug-likeness (QED) is 0.945. The zero-order valence-electron chi connectivity index (χ0n) is 10.1. The van der Waals surface area contributed by atoms with Crippen LogP contribution in [0.1, 0.15) is 22.8 Å². The minimum absolute atomic E-state index is 0.482. The Labute approximate surface area is 110 Å². The smallest absolute Gasteiger partial charge is 0.122 e. The Balaban J connectivity index is 2.30. The fourth-order valence-corrected chi connectivity index (χ4v) is 2.34. The van der Waals surface area contributed by atoms with Gasteiger partial charge in [0.2, 0.25) is 0 Å². The molecule has 0 aliphatic carbocycles. The molecule has 0 aliphatic rings. The number of nitrogens with zero attached hydrogens (tertiary/aromatic N) is 2. The highest BCUT2D eigenvalue weighted by Crippen LogP contribution is 2.17. The summed E-state index contributed by atoms with van der Waals surface area (Å²) in [6.45, 7) is 2.56. The Morgan fingerprint density at radius 1 is 1.41 bits per heavy atom. The highest BCUT2D eigenvalue weighted by molar-refractivity contribution is 9.10. The van der Waals surface area contributed by atoms with Gasteiger partial charge in [-0.25, -0.2) is 4.98 Å². The lowest BCUT2D eigenvalue weighted by Gasteiger charge is -2.02. The van der Waals surface area contributed by atoms with E-state index in [1.807, 2.05) is 19.2 Å². The summed E-state index contributed by atoms with van der Waals surface area (Å²) >= 11 is 3.48. The van der Waals surface area contributed by atoms with Gasteiger partial charge in [-0.1, -0.05) is 28.1 Å². The summed E-state index contributed by atoms with van der Waals surface area (Å²) in [6, 6.07) is 8.30. The van der Waals surface area contributed by atoms with Crippen molar-refractivity contribution in [1.29, 1.82) is 0 Å². The number of halogens is 1. The Morgan fingerprint density at radius 2 is 2.18 bits per heavy atom. The molecule has 0 aliphatic heterocycles. The van der Waals surface area contributed by atoms with Crippen LogP contribution in [0.4, 0.5) is 0 Å². The maximum atomic E-state index is 5.66. The summed E-state index contributed by atoms with van der Waals surface area (Å²) in [5, 5.41) is 0. The molecular weight excluding hydrogens is 278 g/mol. The van der Waals surface area contributed by atoms with Gasteiger partial charge in [0.25, 0.3) is 0 Å². The molecule has 0 saturated heterocycles. The van der Waals surface area contributed by atoms with Crippen molar-refractivity contribution in [3.05, 3.63) is 51.5 Å². The summed E-state index contributed by atoms with van der Waals surface area (Å²) < 4.78 is 3.16. The van der Waals surface area contributed by atoms with Gasteiger partial charge in [-0.05, 0) is 24.6 Å².